The number of para-hydroxylation sites is 1. The van der Waals surface area contributed by atoms with Crippen LogP contribution in [0.4, 0.5) is 0 Å². The minimum Gasteiger partial charge on any atom is -0.465 e. The van der Waals surface area contributed by atoms with Crippen LogP contribution in [0.5, 0.6) is 0 Å². The predicted molar refractivity (Wildman–Crippen MR) is 145 cm³/mol. The minimum atomic E-state index is -0.956. The molecule has 2 amide bonds. The summed E-state index contributed by atoms with van der Waals surface area (Å²) >= 11 is 1.51. The van der Waals surface area contributed by atoms with Crippen LogP contribution in [0.15, 0.2) is 48.6 Å². The van der Waals surface area contributed by atoms with E-state index in [0.29, 0.717) is 19.6 Å². The number of allylic oxidation sites excluding steroid dienone is 1. The second kappa shape index (κ2) is 10.4. The number of amides is 2. The number of carbonyl (C=O) groups excluding carboxylic acids is 3. The number of likely N-dealkylation sites (tertiary alicyclic amines) is 1. The van der Waals surface area contributed by atoms with Crippen LogP contribution < -0.4 is 0 Å². The van der Waals surface area contributed by atoms with E-state index in [2.05, 4.69) is 16.4 Å². The fourth-order valence-electron chi connectivity index (χ4n) is 6.52. The highest BCUT2D eigenvalue weighted by Gasteiger charge is 2.71. The molecule has 1 N–H and O–H groups in total. The lowest BCUT2D eigenvalue weighted by Crippen LogP contribution is -2.56. The van der Waals surface area contributed by atoms with Gasteiger partial charge in [0.05, 0.1) is 41.4 Å². The van der Waals surface area contributed by atoms with Gasteiger partial charge in [0, 0.05) is 11.8 Å². The van der Waals surface area contributed by atoms with Gasteiger partial charge in [-0.15, -0.1) is 16.9 Å². The van der Waals surface area contributed by atoms with Gasteiger partial charge in [0.1, 0.15) is 18.2 Å². The molecule has 5 heterocycles. The average Bonchev–Trinajstić information content (AvgIpc) is 3.54. The summed E-state index contributed by atoms with van der Waals surface area (Å²) in [6.07, 6.45) is 11.1. The van der Waals surface area contributed by atoms with Crippen LogP contribution in [0.1, 0.15) is 32.6 Å². The molecule has 0 radical (unpaired) electrons. The molecule has 0 bridgehead atoms. The largest absolute Gasteiger partial charge is 0.465 e. The molecule has 1 unspecified atom stereocenters. The number of ether oxygens (including phenoxy) is 1. The van der Waals surface area contributed by atoms with Gasteiger partial charge in [-0.2, -0.15) is 0 Å². The smallest absolute Gasteiger partial charge is 0.311 e. The first-order valence-electron chi connectivity index (χ1n) is 13.7. The second-order valence-electron chi connectivity index (χ2n) is 10.6. The molecule has 0 aliphatic carbocycles. The van der Waals surface area contributed by atoms with Crippen LogP contribution in [-0.2, 0) is 25.8 Å². The van der Waals surface area contributed by atoms with Crippen LogP contribution in [0, 0.1) is 11.8 Å². The van der Waals surface area contributed by atoms with Crippen molar-refractivity contribution in [3.8, 4) is 0 Å². The molecule has 1 aromatic heterocycles. The molecular weight excluding hydrogens is 518 g/mol. The molecule has 0 saturated carbocycles. The Morgan fingerprint density at radius 2 is 2.03 bits per heavy atom. The second-order valence-corrected chi connectivity index (χ2v) is 12.1. The molecule has 206 valence electrons. The van der Waals surface area contributed by atoms with Crippen molar-refractivity contribution in [2.24, 2.45) is 11.8 Å². The Balaban J connectivity index is 1.42. The van der Waals surface area contributed by atoms with Crippen molar-refractivity contribution >= 4 is 40.6 Å². The number of cyclic esters (lactones) is 1. The zero-order valence-corrected chi connectivity index (χ0v) is 22.7. The van der Waals surface area contributed by atoms with Crippen LogP contribution in [-0.4, -0.2) is 89.5 Å². The zero-order chi connectivity index (χ0) is 27.1. The van der Waals surface area contributed by atoms with Crippen molar-refractivity contribution in [2.75, 3.05) is 19.8 Å². The van der Waals surface area contributed by atoms with E-state index in [1.165, 1.54) is 11.8 Å². The maximum absolute atomic E-state index is 14.5. The van der Waals surface area contributed by atoms with E-state index in [4.69, 9.17) is 4.74 Å². The fraction of sp³-hybridized carbons (Fsp3) is 0.536. The van der Waals surface area contributed by atoms with E-state index in [0.717, 1.165) is 30.3 Å². The number of nitrogens with zero attached hydrogens (tertiary/aromatic N) is 5. The number of rotatable bonds is 5. The number of aliphatic hydroxyl groups is 1. The van der Waals surface area contributed by atoms with Crippen LogP contribution in [0.25, 0.3) is 11.0 Å². The molecule has 2 fully saturated rings. The summed E-state index contributed by atoms with van der Waals surface area (Å²) in [4.78, 5) is 45.4. The third-order valence-electron chi connectivity index (χ3n) is 8.42. The van der Waals surface area contributed by atoms with E-state index >= 15 is 0 Å². The Morgan fingerprint density at radius 3 is 2.85 bits per heavy atom. The summed E-state index contributed by atoms with van der Waals surface area (Å²) in [7, 11) is 0. The third kappa shape index (κ3) is 4.17. The first kappa shape index (κ1) is 26.1. The molecular formula is C28H33N5O5S. The van der Waals surface area contributed by atoms with Gasteiger partial charge in [-0.25, -0.2) is 4.68 Å². The first-order chi connectivity index (χ1) is 19.0. The topological polar surface area (TPSA) is 118 Å². The SMILES string of the molecule is CC[C@@H](CO)N1C(=O)[C@@H]2[C@H]3C(=O)OCCCC/C=C\[C@H]3S[C@@]23C=CCN(Cn2nnc4ccccc42)C(=O)C13. The summed E-state index contributed by atoms with van der Waals surface area (Å²) in [6, 6.07) is 6.14. The minimum absolute atomic E-state index is 0.165. The number of aromatic nitrogens is 3. The summed E-state index contributed by atoms with van der Waals surface area (Å²) < 4.78 is 6.39. The van der Waals surface area contributed by atoms with Crippen molar-refractivity contribution < 1.29 is 24.2 Å². The van der Waals surface area contributed by atoms with Gasteiger partial charge in [0.15, 0.2) is 0 Å². The standard InChI is InChI=1S/C28H33N5O5S/c1-2-18(16-34)33-24-26(36)31(17-32-20-11-7-6-10-19(20)29-30-32)14-9-13-28(24)23(25(33)35)22-21(39-28)12-5-3-4-8-15-38-27(22)37/h5-7,9-13,18,21-24,34H,2-4,8,14-17H2,1H3/b12-5-/t18-,21+,22-,23-,24?,28-/m0/s1. The Labute approximate surface area is 231 Å². The molecule has 10 nitrogen and oxygen atoms in total. The lowest BCUT2D eigenvalue weighted by atomic mass is 9.78. The lowest BCUT2D eigenvalue weighted by molar-refractivity contribution is -0.153. The van der Waals surface area contributed by atoms with Crippen molar-refractivity contribution in [1.82, 2.24) is 24.8 Å². The maximum atomic E-state index is 14.5. The van der Waals surface area contributed by atoms with Crippen LogP contribution in [0.3, 0.4) is 0 Å². The number of hydrogen-bond donors (Lipinski definition) is 1. The van der Waals surface area contributed by atoms with E-state index in [-0.39, 0.29) is 36.3 Å². The van der Waals surface area contributed by atoms with Gasteiger partial charge < -0.3 is 19.6 Å². The Morgan fingerprint density at radius 1 is 1.18 bits per heavy atom. The molecule has 1 aromatic carbocycles. The number of carbonyl (C=O) groups is 3. The Hall–Kier alpha value is -3.18. The van der Waals surface area contributed by atoms with Gasteiger partial charge in [-0.3, -0.25) is 14.4 Å². The number of thioether (sulfide) groups is 1. The van der Waals surface area contributed by atoms with Gasteiger partial charge in [0.2, 0.25) is 11.8 Å². The van der Waals surface area contributed by atoms with Crippen molar-refractivity contribution in [1.29, 1.82) is 0 Å². The van der Waals surface area contributed by atoms with Crippen LogP contribution in [0.2, 0.25) is 0 Å². The van der Waals surface area contributed by atoms with E-state index < -0.39 is 28.7 Å². The summed E-state index contributed by atoms with van der Waals surface area (Å²) in [5.41, 5.74) is 1.54. The van der Waals surface area contributed by atoms with E-state index in [1.54, 1.807) is 14.5 Å². The summed E-state index contributed by atoms with van der Waals surface area (Å²) in [5, 5.41) is 18.5. The summed E-state index contributed by atoms with van der Waals surface area (Å²) in [6.45, 7) is 2.44. The quantitative estimate of drug-likeness (QED) is 0.444. The number of aliphatic hydroxyl groups excluding tert-OH is 1. The monoisotopic (exact) mass is 551 g/mol. The average molecular weight is 552 g/mol. The molecule has 2 aromatic rings. The molecule has 6 atom stereocenters. The summed E-state index contributed by atoms with van der Waals surface area (Å²) in [5.74, 6) is -2.35. The number of esters is 1. The molecule has 1 spiro atoms. The third-order valence-corrected chi connectivity index (χ3v) is 10.2. The number of benzene rings is 1. The predicted octanol–water partition coefficient (Wildman–Crippen LogP) is 2.14. The maximum Gasteiger partial charge on any atom is 0.311 e. The van der Waals surface area contributed by atoms with E-state index in [1.807, 2.05) is 49.4 Å². The Bertz CT molecular complexity index is 1340. The van der Waals surface area contributed by atoms with Gasteiger partial charge in [-0.05, 0) is 37.8 Å². The first-order valence-corrected chi connectivity index (χ1v) is 14.6. The number of fused-ring (bicyclic) bond motifs is 3. The zero-order valence-electron chi connectivity index (χ0n) is 21.9. The van der Waals surface area contributed by atoms with E-state index in [9.17, 15) is 19.5 Å². The normalized spacial score (nSPS) is 32.4. The van der Waals surface area contributed by atoms with Gasteiger partial charge in [0.25, 0.3) is 0 Å². The molecule has 39 heavy (non-hydrogen) atoms. The van der Waals surface area contributed by atoms with Gasteiger partial charge >= 0.3 is 5.97 Å². The lowest BCUT2D eigenvalue weighted by Gasteiger charge is -2.38. The highest BCUT2D eigenvalue weighted by molar-refractivity contribution is 8.02. The molecule has 6 rings (SSSR count). The molecule has 11 heteroatoms. The number of hydrogen-bond acceptors (Lipinski definition) is 8. The van der Waals surface area contributed by atoms with Crippen molar-refractivity contribution in [2.45, 2.75) is 61.4 Å². The van der Waals surface area contributed by atoms with Crippen molar-refractivity contribution in [3.63, 3.8) is 0 Å². The highest BCUT2D eigenvalue weighted by Crippen LogP contribution is 2.61. The Kier molecular flexibility index (Phi) is 6.96. The van der Waals surface area contributed by atoms with Crippen molar-refractivity contribution in [3.05, 3.63) is 48.6 Å². The molecule has 4 aliphatic rings. The highest BCUT2D eigenvalue weighted by atomic mass is 32.2. The van der Waals surface area contributed by atoms with Gasteiger partial charge in [-0.1, -0.05) is 48.6 Å². The molecule has 4 aliphatic heterocycles. The fourth-order valence-corrected chi connectivity index (χ4v) is 8.51. The van der Waals surface area contributed by atoms with Crippen LogP contribution >= 0.6 is 11.8 Å². The molecule has 2 saturated heterocycles.